The minimum absolute atomic E-state index is 0.0506. The molecule has 1 saturated heterocycles. The Hall–Kier alpha value is -2.43. The predicted molar refractivity (Wildman–Crippen MR) is 115 cm³/mol. The summed E-state index contributed by atoms with van der Waals surface area (Å²) in [6.45, 7) is 5.61. The fourth-order valence-corrected chi connectivity index (χ4v) is 4.77. The Balaban J connectivity index is 1.66. The molecule has 0 bridgehead atoms. The highest BCUT2D eigenvalue weighted by molar-refractivity contribution is 6.07. The standard InChI is InChI=1S/C24H31N3O2/c1-3-7-22(28)25-17-8-6-13-27(15-17)24(29)23-18-9-4-5-10-20(18)26-21-12-11-16(2)14-19(21)23/h4-5,9-10,16-17H,3,6-8,11-15H2,1-2H3,(H,25,28). The molecule has 2 heterocycles. The van der Waals surface area contributed by atoms with E-state index in [0.29, 0.717) is 18.9 Å². The second kappa shape index (κ2) is 8.52. The second-order valence-corrected chi connectivity index (χ2v) is 8.69. The molecule has 1 aromatic carbocycles. The van der Waals surface area contributed by atoms with Gasteiger partial charge in [-0.2, -0.15) is 0 Å². The number of nitrogens with one attached hydrogen (secondary N) is 1. The number of carbonyl (C=O) groups excluding carboxylic acids is 2. The van der Waals surface area contributed by atoms with Crippen LogP contribution in [0.25, 0.3) is 10.9 Å². The number of benzene rings is 1. The second-order valence-electron chi connectivity index (χ2n) is 8.69. The number of pyridine rings is 1. The largest absolute Gasteiger partial charge is 0.352 e. The Morgan fingerprint density at radius 1 is 1.24 bits per heavy atom. The first-order valence-electron chi connectivity index (χ1n) is 11.1. The molecule has 2 amide bonds. The maximum atomic E-state index is 13.7. The summed E-state index contributed by atoms with van der Waals surface area (Å²) in [6.07, 6.45) is 6.23. The molecule has 5 heteroatoms. The number of hydrogen-bond donors (Lipinski definition) is 1. The van der Waals surface area contributed by atoms with Crippen molar-refractivity contribution in [2.75, 3.05) is 13.1 Å². The van der Waals surface area contributed by atoms with Crippen molar-refractivity contribution in [3.63, 3.8) is 0 Å². The molecular formula is C24H31N3O2. The molecule has 1 aliphatic carbocycles. The zero-order valence-corrected chi connectivity index (χ0v) is 17.5. The van der Waals surface area contributed by atoms with E-state index in [4.69, 9.17) is 4.98 Å². The van der Waals surface area contributed by atoms with Crippen LogP contribution in [0.3, 0.4) is 0 Å². The predicted octanol–water partition coefficient (Wildman–Crippen LogP) is 3.88. The third kappa shape index (κ3) is 4.14. The summed E-state index contributed by atoms with van der Waals surface area (Å²) in [5, 5.41) is 4.08. The Morgan fingerprint density at radius 2 is 2.07 bits per heavy atom. The highest BCUT2D eigenvalue weighted by atomic mass is 16.2. The van der Waals surface area contributed by atoms with Crippen LogP contribution in [-0.4, -0.2) is 40.8 Å². The molecule has 5 nitrogen and oxygen atoms in total. The number of amides is 2. The van der Waals surface area contributed by atoms with Gasteiger partial charge in [0.25, 0.3) is 5.91 Å². The highest BCUT2D eigenvalue weighted by Gasteiger charge is 2.30. The SMILES string of the molecule is CCCC(=O)NC1CCCN(C(=O)c2c3c(nc4ccccc24)CCC(C)C3)C1. The number of carbonyl (C=O) groups is 2. The maximum absolute atomic E-state index is 13.7. The van der Waals surface area contributed by atoms with Crippen LogP contribution in [-0.2, 0) is 17.6 Å². The van der Waals surface area contributed by atoms with E-state index < -0.39 is 0 Å². The van der Waals surface area contributed by atoms with E-state index in [2.05, 4.69) is 12.2 Å². The molecule has 154 valence electrons. The van der Waals surface area contributed by atoms with Crippen molar-refractivity contribution >= 4 is 22.7 Å². The molecule has 1 N–H and O–H groups in total. The van der Waals surface area contributed by atoms with Gasteiger partial charge >= 0.3 is 0 Å². The first-order chi connectivity index (χ1) is 14.1. The van der Waals surface area contributed by atoms with Crippen molar-refractivity contribution in [1.29, 1.82) is 0 Å². The van der Waals surface area contributed by atoms with Crippen molar-refractivity contribution in [1.82, 2.24) is 15.2 Å². The van der Waals surface area contributed by atoms with Crippen LogP contribution in [0.4, 0.5) is 0 Å². The molecule has 2 aromatic rings. The lowest BCUT2D eigenvalue weighted by Gasteiger charge is -2.34. The first kappa shape index (κ1) is 19.9. The summed E-state index contributed by atoms with van der Waals surface area (Å²) in [5.41, 5.74) is 3.99. The zero-order chi connectivity index (χ0) is 20.4. The van der Waals surface area contributed by atoms with Gasteiger partial charge in [0, 0.05) is 36.6 Å². The molecule has 1 aromatic heterocycles. The van der Waals surface area contributed by atoms with Crippen LogP contribution < -0.4 is 5.32 Å². The van der Waals surface area contributed by atoms with Crippen LogP contribution in [0.5, 0.6) is 0 Å². The topological polar surface area (TPSA) is 62.3 Å². The van der Waals surface area contributed by atoms with E-state index in [1.54, 1.807) is 0 Å². The van der Waals surface area contributed by atoms with Crippen molar-refractivity contribution < 1.29 is 9.59 Å². The van der Waals surface area contributed by atoms with Gasteiger partial charge in [-0.15, -0.1) is 0 Å². The molecule has 0 saturated carbocycles. The Labute approximate surface area is 172 Å². The monoisotopic (exact) mass is 393 g/mol. The van der Waals surface area contributed by atoms with Crippen molar-refractivity contribution in [2.24, 2.45) is 5.92 Å². The van der Waals surface area contributed by atoms with Crippen molar-refractivity contribution in [2.45, 2.75) is 64.8 Å². The number of piperidine rings is 1. The molecule has 29 heavy (non-hydrogen) atoms. The number of aromatic nitrogens is 1. The van der Waals surface area contributed by atoms with Gasteiger partial charge in [-0.05, 0) is 56.1 Å². The van der Waals surface area contributed by atoms with Gasteiger partial charge in [-0.1, -0.05) is 32.0 Å². The third-order valence-electron chi connectivity index (χ3n) is 6.27. The van der Waals surface area contributed by atoms with Crippen LogP contribution in [0.15, 0.2) is 24.3 Å². The van der Waals surface area contributed by atoms with E-state index in [9.17, 15) is 9.59 Å². The number of aryl methyl sites for hydroxylation is 1. The average Bonchev–Trinajstić information content (AvgIpc) is 2.72. The number of fused-ring (bicyclic) bond motifs is 2. The lowest BCUT2D eigenvalue weighted by molar-refractivity contribution is -0.122. The maximum Gasteiger partial charge on any atom is 0.254 e. The van der Waals surface area contributed by atoms with Gasteiger partial charge in [0.2, 0.25) is 5.91 Å². The van der Waals surface area contributed by atoms with Gasteiger partial charge in [0.15, 0.2) is 0 Å². The number of para-hydroxylation sites is 1. The fourth-order valence-electron chi connectivity index (χ4n) is 4.77. The van der Waals surface area contributed by atoms with E-state index in [-0.39, 0.29) is 17.9 Å². The molecule has 1 fully saturated rings. The minimum Gasteiger partial charge on any atom is -0.352 e. The lowest BCUT2D eigenvalue weighted by Crippen LogP contribution is -2.49. The molecule has 1 aliphatic heterocycles. The number of hydrogen-bond acceptors (Lipinski definition) is 3. The molecule has 0 spiro atoms. The van der Waals surface area contributed by atoms with Gasteiger partial charge in [0.05, 0.1) is 11.1 Å². The minimum atomic E-state index is 0.0506. The molecule has 0 radical (unpaired) electrons. The zero-order valence-electron chi connectivity index (χ0n) is 17.5. The Morgan fingerprint density at radius 3 is 2.90 bits per heavy atom. The van der Waals surface area contributed by atoms with E-state index in [1.165, 1.54) is 0 Å². The van der Waals surface area contributed by atoms with Crippen LogP contribution in [0.1, 0.15) is 67.6 Å². The van der Waals surface area contributed by atoms with Gasteiger partial charge in [0.1, 0.15) is 0 Å². The number of nitrogens with zero attached hydrogens (tertiary/aromatic N) is 2. The van der Waals surface area contributed by atoms with Crippen molar-refractivity contribution in [3.8, 4) is 0 Å². The normalized spacial score (nSPS) is 21.7. The van der Waals surface area contributed by atoms with E-state index in [1.807, 2.05) is 36.1 Å². The summed E-state index contributed by atoms with van der Waals surface area (Å²) in [7, 11) is 0. The molecule has 2 unspecified atom stereocenters. The summed E-state index contributed by atoms with van der Waals surface area (Å²) in [6, 6.07) is 8.06. The Bertz CT molecular complexity index is 924. The summed E-state index contributed by atoms with van der Waals surface area (Å²) in [4.78, 5) is 32.6. The van der Waals surface area contributed by atoms with Gasteiger partial charge in [-0.25, -0.2) is 0 Å². The molecule has 2 aliphatic rings. The van der Waals surface area contributed by atoms with Crippen LogP contribution in [0, 0.1) is 5.92 Å². The molecule has 4 rings (SSSR count). The number of rotatable bonds is 4. The first-order valence-corrected chi connectivity index (χ1v) is 11.1. The lowest BCUT2D eigenvalue weighted by atomic mass is 9.83. The van der Waals surface area contributed by atoms with Gasteiger partial charge in [-0.3, -0.25) is 14.6 Å². The number of likely N-dealkylation sites (tertiary alicyclic amines) is 1. The third-order valence-corrected chi connectivity index (χ3v) is 6.27. The summed E-state index contributed by atoms with van der Waals surface area (Å²) >= 11 is 0. The van der Waals surface area contributed by atoms with Crippen LogP contribution >= 0.6 is 0 Å². The van der Waals surface area contributed by atoms with Crippen molar-refractivity contribution in [3.05, 3.63) is 41.1 Å². The van der Waals surface area contributed by atoms with Gasteiger partial charge < -0.3 is 10.2 Å². The quantitative estimate of drug-likeness (QED) is 0.857. The van der Waals surface area contributed by atoms with E-state index in [0.717, 1.165) is 72.8 Å². The fraction of sp³-hybridized carbons (Fsp3) is 0.542. The summed E-state index contributed by atoms with van der Waals surface area (Å²) < 4.78 is 0. The van der Waals surface area contributed by atoms with E-state index >= 15 is 0 Å². The average molecular weight is 394 g/mol. The Kier molecular flexibility index (Phi) is 5.84. The molecular weight excluding hydrogens is 362 g/mol. The van der Waals surface area contributed by atoms with Crippen LogP contribution in [0.2, 0.25) is 0 Å². The molecule has 2 atom stereocenters. The summed E-state index contributed by atoms with van der Waals surface area (Å²) in [5.74, 6) is 0.759. The highest BCUT2D eigenvalue weighted by Crippen LogP contribution is 2.32. The smallest absolute Gasteiger partial charge is 0.254 e.